The van der Waals surface area contributed by atoms with Gasteiger partial charge in [-0.25, -0.2) is 0 Å². The molecule has 2 amide bonds. The molecule has 0 spiro atoms. The zero-order valence-corrected chi connectivity index (χ0v) is 20.7. The second-order valence-corrected chi connectivity index (χ2v) is 8.67. The number of rotatable bonds is 15. The van der Waals surface area contributed by atoms with Gasteiger partial charge in [-0.15, -0.1) is 0 Å². The maximum Gasteiger partial charge on any atom is 0.255 e. The first kappa shape index (κ1) is 29.4. The number of phenols is 4. The molecule has 0 saturated heterocycles. The Morgan fingerprint density at radius 3 is 1.92 bits per heavy atom. The van der Waals surface area contributed by atoms with Crippen molar-refractivity contribution in [1.82, 2.24) is 16.0 Å². The fourth-order valence-corrected chi connectivity index (χ4v) is 3.64. The number of nitrogens with one attached hydrogen (secondary N) is 3. The molecule has 0 aliphatic heterocycles. The first-order chi connectivity index (χ1) is 17.6. The Bertz CT molecular complexity index is 1070. The molecule has 2 aromatic rings. The molecule has 11 nitrogen and oxygen atoms in total. The second kappa shape index (κ2) is 14.7. The number of carbonyl (C=O) groups excluding carboxylic acids is 3. The molecule has 37 heavy (non-hydrogen) atoms. The summed E-state index contributed by atoms with van der Waals surface area (Å²) in [7, 11) is 0. The summed E-state index contributed by atoms with van der Waals surface area (Å²) in [5.74, 6) is -3.42. The first-order valence-corrected chi connectivity index (χ1v) is 12.2. The van der Waals surface area contributed by atoms with Gasteiger partial charge in [0.2, 0.25) is 0 Å². The number of ketones is 1. The molecular formula is C26H35N3O8. The number of aromatic hydroxyl groups is 4. The molecule has 11 heteroatoms. The summed E-state index contributed by atoms with van der Waals surface area (Å²) in [5, 5.41) is 56.9. The van der Waals surface area contributed by atoms with Gasteiger partial charge in [-0.1, -0.05) is 18.6 Å². The van der Waals surface area contributed by atoms with E-state index in [2.05, 4.69) is 16.0 Å². The molecule has 0 fully saturated rings. The van der Waals surface area contributed by atoms with Crippen LogP contribution in [0.4, 0.5) is 0 Å². The van der Waals surface area contributed by atoms with E-state index in [4.69, 9.17) is 0 Å². The van der Waals surface area contributed by atoms with Crippen LogP contribution in [0.2, 0.25) is 0 Å². The number of hydrogen-bond donors (Lipinski definition) is 8. The van der Waals surface area contributed by atoms with E-state index in [0.717, 1.165) is 12.8 Å². The summed E-state index contributed by atoms with van der Waals surface area (Å²) < 4.78 is 0. The second-order valence-electron chi connectivity index (χ2n) is 8.67. The number of phenolic OH excluding ortho intramolecular Hbond substituents is 4. The molecule has 2 aromatic carbocycles. The van der Waals surface area contributed by atoms with Gasteiger partial charge in [0.15, 0.2) is 28.8 Å². The van der Waals surface area contributed by atoms with E-state index in [1.807, 2.05) is 0 Å². The standard InChI is InChI=1S/C26H35N3O8/c1-16(30)22(29-26(37)18-9-6-12-21(33)24(18)35)19(31)10-3-2-4-13-27-14-7-15-28-25(36)17-8-5-11-20(32)23(17)34/h5-6,8-9,11-12,16,22,27,30,32-35H,2-4,7,10,13-15H2,1H3,(H,28,36)(H,29,37)/t16-,22+/m1/s1. The van der Waals surface area contributed by atoms with Crippen LogP contribution in [0.15, 0.2) is 36.4 Å². The molecule has 0 unspecified atom stereocenters. The largest absolute Gasteiger partial charge is 0.504 e. The molecule has 0 radical (unpaired) electrons. The lowest BCUT2D eigenvalue weighted by molar-refractivity contribution is -0.123. The van der Waals surface area contributed by atoms with Crippen LogP contribution in [0.25, 0.3) is 0 Å². The van der Waals surface area contributed by atoms with Crippen molar-refractivity contribution in [2.24, 2.45) is 0 Å². The molecule has 2 atom stereocenters. The van der Waals surface area contributed by atoms with Gasteiger partial charge in [-0.2, -0.15) is 0 Å². The van der Waals surface area contributed by atoms with Crippen molar-refractivity contribution in [1.29, 1.82) is 0 Å². The van der Waals surface area contributed by atoms with Gasteiger partial charge < -0.3 is 41.5 Å². The van der Waals surface area contributed by atoms with E-state index in [-0.39, 0.29) is 29.1 Å². The van der Waals surface area contributed by atoms with Crippen LogP contribution < -0.4 is 16.0 Å². The molecule has 0 saturated carbocycles. The number of carbonyl (C=O) groups is 3. The van der Waals surface area contributed by atoms with Gasteiger partial charge >= 0.3 is 0 Å². The van der Waals surface area contributed by atoms with Crippen LogP contribution >= 0.6 is 0 Å². The minimum atomic E-state index is -1.13. The minimum Gasteiger partial charge on any atom is -0.504 e. The number of hydrogen-bond acceptors (Lipinski definition) is 9. The lowest BCUT2D eigenvalue weighted by atomic mass is 10.0. The zero-order chi connectivity index (χ0) is 27.4. The molecule has 2 rings (SSSR count). The van der Waals surface area contributed by atoms with Crippen molar-refractivity contribution in [3.05, 3.63) is 47.5 Å². The van der Waals surface area contributed by atoms with Crippen LogP contribution in [0.5, 0.6) is 23.0 Å². The number of benzene rings is 2. The van der Waals surface area contributed by atoms with Crippen molar-refractivity contribution in [3.8, 4) is 23.0 Å². The predicted molar refractivity (Wildman–Crippen MR) is 136 cm³/mol. The summed E-state index contributed by atoms with van der Waals surface area (Å²) >= 11 is 0. The lowest BCUT2D eigenvalue weighted by Gasteiger charge is -2.20. The highest BCUT2D eigenvalue weighted by Gasteiger charge is 2.26. The summed E-state index contributed by atoms with van der Waals surface area (Å²) in [5.41, 5.74) is -0.181. The van der Waals surface area contributed by atoms with Crippen molar-refractivity contribution < 1.29 is 39.9 Å². The van der Waals surface area contributed by atoms with Gasteiger partial charge in [-0.05, 0) is 63.5 Å². The van der Waals surface area contributed by atoms with Crippen molar-refractivity contribution >= 4 is 17.6 Å². The normalized spacial score (nSPS) is 12.5. The van der Waals surface area contributed by atoms with Crippen molar-refractivity contribution in [2.75, 3.05) is 19.6 Å². The average Bonchev–Trinajstić information content (AvgIpc) is 2.86. The summed E-state index contributed by atoms with van der Waals surface area (Å²) in [4.78, 5) is 37.0. The fourth-order valence-electron chi connectivity index (χ4n) is 3.64. The van der Waals surface area contributed by atoms with E-state index in [1.165, 1.54) is 43.3 Å². The highest BCUT2D eigenvalue weighted by atomic mass is 16.3. The highest BCUT2D eigenvalue weighted by molar-refractivity contribution is 6.00. The van der Waals surface area contributed by atoms with E-state index in [9.17, 15) is 39.9 Å². The minimum absolute atomic E-state index is 0.0115. The average molecular weight is 518 g/mol. The molecule has 8 N–H and O–H groups in total. The maximum atomic E-state index is 12.5. The van der Waals surface area contributed by atoms with E-state index >= 15 is 0 Å². The number of aliphatic hydroxyl groups excluding tert-OH is 1. The Morgan fingerprint density at radius 2 is 1.32 bits per heavy atom. The van der Waals surface area contributed by atoms with Crippen LogP contribution in [0, 0.1) is 0 Å². The Balaban J connectivity index is 1.60. The van der Waals surface area contributed by atoms with Gasteiger partial charge in [0, 0.05) is 13.0 Å². The third-order valence-electron chi connectivity index (χ3n) is 5.73. The van der Waals surface area contributed by atoms with Crippen molar-refractivity contribution in [3.63, 3.8) is 0 Å². The SMILES string of the molecule is C[C@@H](O)[C@H](NC(=O)c1cccc(O)c1O)C(=O)CCCCCNCCCNC(=O)c1cccc(O)c1O. The van der Waals surface area contributed by atoms with Crippen LogP contribution in [0.3, 0.4) is 0 Å². The maximum absolute atomic E-state index is 12.5. The Hall–Kier alpha value is -3.83. The summed E-state index contributed by atoms with van der Waals surface area (Å²) in [6.07, 6.45) is 1.82. The number of Topliss-reactive ketones (excluding diaryl/α,β-unsaturated/α-hetero) is 1. The molecule has 202 valence electrons. The Labute approximate surface area is 215 Å². The topological polar surface area (TPSA) is 188 Å². The monoisotopic (exact) mass is 517 g/mol. The smallest absolute Gasteiger partial charge is 0.255 e. The molecule has 0 heterocycles. The molecule has 0 aliphatic rings. The predicted octanol–water partition coefficient (Wildman–Crippen LogP) is 1.53. The summed E-state index contributed by atoms with van der Waals surface area (Å²) in [6.45, 7) is 3.15. The van der Waals surface area contributed by atoms with Crippen molar-refractivity contribution in [2.45, 2.75) is 51.2 Å². The van der Waals surface area contributed by atoms with Gasteiger partial charge in [-0.3, -0.25) is 14.4 Å². The quantitative estimate of drug-likeness (QED) is 0.128. The van der Waals surface area contributed by atoms with E-state index in [1.54, 1.807) is 0 Å². The zero-order valence-electron chi connectivity index (χ0n) is 20.7. The first-order valence-electron chi connectivity index (χ1n) is 12.2. The number of para-hydroxylation sites is 2. The highest BCUT2D eigenvalue weighted by Crippen LogP contribution is 2.28. The third kappa shape index (κ3) is 8.96. The van der Waals surface area contributed by atoms with Crippen LogP contribution in [-0.2, 0) is 4.79 Å². The van der Waals surface area contributed by atoms with Gasteiger partial charge in [0.25, 0.3) is 11.8 Å². The molecule has 0 aromatic heterocycles. The van der Waals surface area contributed by atoms with Crippen LogP contribution in [-0.4, -0.2) is 74.9 Å². The van der Waals surface area contributed by atoms with Crippen LogP contribution in [0.1, 0.15) is 59.7 Å². The van der Waals surface area contributed by atoms with E-state index in [0.29, 0.717) is 32.5 Å². The number of unbranched alkanes of at least 4 members (excludes halogenated alkanes) is 2. The number of amides is 2. The fraction of sp³-hybridized carbons (Fsp3) is 0.423. The third-order valence-corrected chi connectivity index (χ3v) is 5.73. The molecule has 0 aliphatic carbocycles. The van der Waals surface area contributed by atoms with Gasteiger partial charge in [0.1, 0.15) is 6.04 Å². The Morgan fingerprint density at radius 1 is 0.757 bits per heavy atom. The lowest BCUT2D eigenvalue weighted by Crippen LogP contribution is -2.47. The summed E-state index contributed by atoms with van der Waals surface area (Å²) in [6, 6.07) is 6.96. The molecular weight excluding hydrogens is 482 g/mol. The molecule has 0 bridgehead atoms. The number of aliphatic hydroxyl groups is 1. The van der Waals surface area contributed by atoms with E-state index < -0.39 is 41.2 Å². The Kier molecular flexibility index (Phi) is 11.7. The van der Waals surface area contributed by atoms with Gasteiger partial charge in [0.05, 0.1) is 17.2 Å².